The van der Waals surface area contributed by atoms with Crippen LogP contribution >= 0.6 is 11.3 Å². The molecule has 7 heteroatoms. The summed E-state index contributed by atoms with van der Waals surface area (Å²) in [4.78, 5) is 24.9. The quantitative estimate of drug-likeness (QED) is 0.774. The van der Waals surface area contributed by atoms with Gasteiger partial charge in [-0.3, -0.25) is 9.59 Å². The number of pyridine rings is 1. The zero-order valence-electron chi connectivity index (χ0n) is 12.2. The molecule has 0 saturated heterocycles. The van der Waals surface area contributed by atoms with Crippen molar-refractivity contribution in [3.63, 3.8) is 0 Å². The summed E-state index contributed by atoms with van der Waals surface area (Å²) in [5.74, 6) is -1.83. The number of aryl methyl sites for hydroxylation is 1. The van der Waals surface area contributed by atoms with Crippen LogP contribution in [0.5, 0.6) is 5.75 Å². The Bertz CT molecular complexity index is 962. The number of aromatic hydroxyl groups is 1. The molecule has 0 spiro atoms. The zero-order chi connectivity index (χ0) is 16.6. The second-order valence-electron chi connectivity index (χ2n) is 4.84. The summed E-state index contributed by atoms with van der Waals surface area (Å²) < 4.78 is 15.5. The lowest BCUT2D eigenvalue weighted by Crippen LogP contribution is -2.29. The van der Waals surface area contributed by atoms with Crippen LogP contribution in [0.25, 0.3) is 10.2 Å². The van der Waals surface area contributed by atoms with E-state index in [4.69, 9.17) is 0 Å². The minimum absolute atomic E-state index is 0.0503. The fourth-order valence-electron chi connectivity index (χ4n) is 2.42. The van der Waals surface area contributed by atoms with E-state index in [1.165, 1.54) is 34.1 Å². The van der Waals surface area contributed by atoms with Crippen LogP contribution in [0.4, 0.5) is 10.1 Å². The molecule has 118 valence electrons. The molecule has 23 heavy (non-hydrogen) atoms. The first-order valence-electron chi connectivity index (χ1n) is 6.93. The van der Waals surface area contributed by atoms with Gasteiger partial charge in [-0.05, 0) is 30.5 Å². The molecule has 2 heterocycles. The molecule has 1 amide bonds. The van der Waals surface area contributed by atoms with Crippen molar-refractivity contribution < 1.29 is 14.3 Å². The Morgan fingerprint density at radius 1 is 1.35 bits per heavy atom. The lowest BCUT2D eigenvalue weighted by molar-refractivity contribution is 0.102. The van der Waals surface area contributed by atoms with Gasteiger partial charge in [-0.15, -0.1) is 11.3 Å². The maximum atomic E-state index is 13.7. The number of carbonyl (C=O) groups is 1. The number of hydrogen-bond donors (Lipinski definition) is 2. The van der Waals surface area contributed by atoms with E-state index in [1.54, 1.807) is 24.4 Å². The van der Waals surface area contributed by atoms with E-state index in [0.29, 0.717) is 16.8 Å². The van der Waals surface area contributed by atoms with Gasteiger partial charge in [0.25, 0.3) is 11.5 Å². The summed E-state index contributed by atoms with van der Waals surface area (Å²) in [6.45, 7) is 2.13. The summed E-state index contributed by atoms with van der Waals surface area (Å²) in [7, 11) is 0. The summed E-state index contributed by atoms with van der Waals surface area (Å²) in [6.07, 6.45) is 0. The van der Waals surface area contributed by atoms with Crippen LogP contribution in [0.2, 0.25) is 0 Å². The lowest BCUT2D eigenvalue weighted by atomic mass is 10.2. The van der Waals surface area contributed by atoms with Gasteiger partial charge in [-0.25, -0.2) is 4.39 Å². The molecule has 1 aromatic carbocycles. The van der Waals surface area contributed by atoms with Crippen molar-refractivity contribution in [2.75, 3.05) is 5.32 Å². The molecule has 0 radical (unpaired) electrons. The van der Waals surface area contributed by atoms with Gasteiger partial charge in [-0.2, -0.15) is 0 Å². The molecule has 0 atom stereocenters. The molecular weight excluding hydrogens is 319 g/mol. The van der Waals surface area contributed by atoms with Crippen LogP contribution in [-0.2, 0) is 6.54 Å². The third-order valence-corrected chi connectivity index (χ3v) is 4.42. The number of rotatable bonds is 3. The lowest BCUT2D eigenvalue weighted by Gasteiger charge is -2.11. The molecule has 0 aliphatic carbocycles. The topological polar surface area (TPSA) is 71.3 Å². The number of thiophene rings is 1. The molecule has 0 aliphatic rings. The standard InChI is InChI=1S/C16H13FN2O3S/c1-2-19-11-7-8-23-14(11)13(20)12(16(19)22)15(21)18-10-6-4-3-5-9(10)17/h3-8,20H,2H2,1H3,(H,18,21). The number of hydrogen-bond acceptors (Lipinski definition) is 4. The van der Waals surface area contributed by atoms with Crippen LogP contribution < -0.4 is 10.9 Å². The van der Waals surface area contributed by atoms with Crippen molar-refractivity contribution in [1.82, 2.24) is 4.57 Å². The minimum Gasteiger partial charge on any atom is -0.505 e. The molecule has 3 aromatic rings. The SMILES string of the molecule is CCn1c(=O)c(C(=O)Nc2ccccc2F)c(O)c2sccc21. The Hall–Kier alpha value is -2.67. The maximum absolute atomic E-state index is 13.7. The smallest absolute Gasteiger partial charge is 0.267 e. The van der Waals surface area contributed by atoms with Crippen molar-refractivity contribution in [2.24, 2.45) is 0 Å². The van der Waals surface area contributed by atoms with E-state index in [1.807, 2.05) is 0 Å². The highest BCUT2D eigenvalue weighted by Gasteiger charge is 2.23. The van der Waals surface area contributed by atoms with E-state index in [0.717, 1.165) is 0 Å². The van der Waals surface area contributed by atoms with Crippen LogP contribution in [0.1, 0.15) is 17.3 Å². The highest BCUT2D eigenvalue weighted by atomic mass is 32.1. The number of nitrogens with one attached hydrogen (secondary N) is 1. The first-order valence-corrected chi connectivity index (χ1v) is 7.81. The van der Waals surface area contributed by atoms with Gasteiger partial charge in [0.2, 0.25) is 0 Å². The summed E-state index contributed by atoms with van der Waals surface area (Å²) in [5, 5.41) is 14.4. The van der Waals surface area contributed by atoms with Crippen molar-refractivity contribution in [2.45, 2.75) is 13.5 Å². The monoisotopic (exact) mass is 332 g/mol. The second-order valence-corrected chi connectivity index (χ2v) is 5.76. The number of halogens is 1. The minimum atomic E-state index is -0.838. The average Bonchev–Trinajstić information content (AvgIpc) is 3.00. The molecule has 0 saturated carbocycles. The Labute approximate surface area is 134 Å². The summed E-state index contributed by atoms with van der Waals surface area (Å²) in [6, 6.07) is 7.34. The molecule has 0 unspecified atom stereocenters. The van der Waals surface area contributed by atoms with Gasteiger partial charge in [-0.1, -0.05) is 12.1 Å². The van der Waals surface area contributed by atoms with Gasteiger partial charge in [0.05, 0.1) is 15.9 Å². The zero-order valence-corrected chi connectivity index (χ0v) is 13.0. The Morgan fingerprint density at radius 2 is 2.09 bits per heavy atom. The Kier molecular flexibility index (Phi) is 3.87. The fraction of sp³-hybridized carbons (Fsp3) is 0.125. The number of amides is 1. The molecule has 0 fully saturated rings. The Morgan fingerprint density at radius 3 is 2.78 bits per heavy atom. The van der Waals surface area contributed by atoms with Gasteiger partial charge in [0.15, 0.2) is 5.75 Å². The first kappa shape index (κ1) is 15.2. The van der Waals surface area contributed by atoms with Crippen LogP contribution in [0, 0.1) is 5.82 Å². The molecule has 2 aromatic heterocycles. The number of aromatic nitrogens is 1. The number of para-hydroxylation sites is 1. The van der Waals surface area contributed by atoms with E-state index >= 15 is 0 Å². The summed E-state index contributed by atoms with van der Waals surface area (Å²) >= 11 is 1.23. The van der Waals surface area contributed by atoms with E-state index in [2.05, 4.69) is 5.32 Å². The van der Waals surface area contributed by atoms with Crippen molar-refractivity contribution in [3.8, 4) is 5.75 Å². The highest BCUT2D eigenvalue weighted by Crippen LogP contribution is 2.31. The maximum Gasteiger partial charge on any atom is 0.267 e. The van der Waals surface area contributed by atoms with E-state index in [-0.39, 0.29) is 17.0 Å². The number of fused-ring (bicyclic) bond motifs is 1. The van der Waals surface area contributed by atoms with Crippen LogP contribution in [0.3, 0.4) is 0 Å². The number of anilines is 1. The molecule has 3 rings (SSSR count). The highest BCUT2D eigenvalue weighted by molar-refractivity contribution is 7.17. The van der Waals surface area contributed by atoms with Crippen LogP contribution in [-0.4, -0.2) is 15.6 Å². The fourth-order valence-corrected chi connectivity index (χ4v) is 3.26. The molecule has 0 aliphatic heterocycles. The number of carbonyl (C=O) groups excluding carboxylic acids is 1. The van der Waals surface area contributed by atoms with Crippen molar-refractivity contribution in [3.05, 3.63) is 57.4 Å². The first-order chi connectivity index (χ1) is 11.0. The number of nitrogens with zero attached hydrogens (tertiary/aromatic N) is 1. The van der Waals surface area contributed by atoms with Gasteiger partial charge in [0.1, 0.15) is 11.4 Å². The third kappa shape index (κ3) is 2.49. The summed E-state index contributed by atoms with van der Waals surface area (Å²) in [5.41, 5.74) is -0.470. The normalized spacial score (nSPS) is 10.9. The predicted octanol–water partition coefficient (Wildman–Crippen LogP) is 3.18. The second kappa shape index (κ2) is 5.85. The van der Waals surface area contributed by atoms with Gasteiger partial charge in [0, 0.05) is 6.54 Å². The van der Waals surface area contributed by atoms with Crippen molar-refractivity contribution in [1.29, 1.82) is 0 Å². The molecule has 2 N–H and O–H groups in total. The number of benzene rings is 1. The largest absolute Gasteiger partial charge is 0.505 e. The van der Waals surface area contributed by atoms with Gasteiger partial charge < -0.3 is 15.0 Å². The van der Waals surface area contributed by atoms with Gasteiger partial charge >= 0.3 is 0 Å². The average molecular weight is 332 g/mol. The third-order valence-electron chi connectivity index (χ3n) is 3.51. The van der Waals surface area contributed by atoms with E-state index in [9.17, 15) is 19.1 Å². The predicted molar refractivity (Wildman–Crippen MR) is 87.8 cm³/mol. The Balaban J connectivity index is 2.14. The van der Waals surface area contributed by atoms with E-state index < -0.39 is 17.3 Å². The van der Waals surface area contributed by atoms with Crippen molar-refractivity contribution >= 4 is 33.1 Å². The molecular formula is C16H13FN2O3S. The van der Waals surface area contributed by atoms with Crippen LogP contribution in [0.15, 0.2) is 40.5 Å². The molecule has 5 nitrogen and oxygen atoms in total. The molecule has 0 bridgehead atoms.